The molecular formula is C31H32F2N6O2S. The molecule has 4 aromatic rings. The second-order valence-corrected chi connectivity index (χ2v) is 11.5. The molecule has 42 heavy (non-hydrogen) atoms. The summed E-state index contributed by atoms with van der Waals surface area (Å²) in [6, 6.07) is 7.36. The summed E-state index contributed by atoms with van der Waals surface area (Å²) >= 11 is 1.28. The molecule has 218 valence electrons. The summed E-state index contributed by atoms with van der Waals surface area (Å²) in [7, 11) is 0. The molecular weight excluding hydrogens is 558 g/mol. The van der Waals surface area contributed by atoms with E-state index in [0.29, 0.717) is 41.3 Å². The Labute approximate surface area is 247 Å². The molecule has 8 nitrogen and oxygen atoms in total. The van der Waals surface area contributed by atoms with Gasteiger partial charge in [0.1, 0.15) is 17.3 Å². The van der Waals surface area contributed by atoms with Gasteiger partial charge in [-0.15, -0.1) is 11.8 Å². The Morgan fingerprint density at radius 1 is 1.17 bits per heavy atom. The second kappa shape index (κ2) is 11.6. The third kappa shape index (κ3) is 5.06. The molecule has 5 rings (SSSR count). The van der Waals surface area contributed by atoms with Crippen molar-refractivity contribution < 1.29 is 13.6 Å². The molecule has 1 amide bonds. The Kier molecular flexibility index (Phi) is 8.14. The second-order valence-electron chi connectivity index (χ2n) is 10.6. The van der Waals surface area contributed by atoms with Crippen LogP contribution in [-0.2, 0) is 4.79 Å². The predicted molar refractivity (Wildman–Crippen MR) is 162 cm³/mol. The molecule has 1 aliphatic heterocycles. The van der Waals surface area contributed by atoms with E-state index in [1.807, 2.05) is 32.6 Å². The first-order chi connectivity index (χ1) is 20.1. The van der Waals surface area contributed by atoms with Gasteiger partial charge in [0.05, 0.1) is 22.3 Å². The zero-order valence-corrected chi connectivity index (χ0v) is 25.0. The van der Waals surface area contributed by atoms with Gasteiger partial charge in [-0.2, -0.15) is 4.98 Å². The summed E-state index contributed by atoms with van der Waals surface area (Å²) in [5, 5.41) is 0.297. The van der Waals surface area contributed by atoms with E-state index >= 15 is 8.78 Å². The van der Waals surface area contributed by atoms with Gasteiger partial charge in [0.2, 0.25) is 5.91 Å². The number of fused-ring (bicyclic) bond motifs is 1. The molecule has 4 heterocycles. The quantitative estimate of drug-likeness (QED) is 0.217. The van der Waals surface area contributed by atoms with Crippen molar-refractivity contribution in [2.45, 2.75) is 44.6 Å². The monoisotopic (exact) mass is 590 g/mol. The molecule has 0 spiro atoms. The summed E-state index contributed by atoms with van der Waals surface area (Å²) in [5.41, 5.74) is 1.29. The lowest BCUT2D eigenvalue weighted by atomic mass is 10.0. The smallest absolute Gasteiger partial charge is 0.350 e. The van der Waals surface area contributed by atoms with Gasteiger partial charge in [0, 0.05) is 36.8 Å². The van der Waals surface area contributed by atoms with Gasteiger partial charge in [-0.1, -0.05) is 26.5 Å². The van der Waals surface area contributed by atoms with E-state index < -0.39 is 17.3 Å². The van der Waals surface area contributed by atoms with Crippen molar-refractivity contribution in [2.24, 2.45) is 0 Å². The largest absolute Gasteiger partial charge is 0.355 e. The van der Waals surface area contributed by atoms with E-state index in [1.54, 1.807) is 35.6 Å². The summed E-state index contributed by atoms with van der Waals surface area (Å²) in [5.74, 6) is -1.33. The number of piperazine rings is 1. The van der Waals surface area contributed by atoms with Crippen molar-refractivity contribution >= 4 is 34.5 Å². The molecule has 1 atom stereocenters. The minimum Gasteiger partial charge on any atom is -0.350 e. The number of amides is 1. The number of anilines is 1. The van der Waals surface area contributed by atoms with Crippen LogP contribution in [-0.4, -0.2) is 62.3 Å². The van der Waals surface area contributed by atoms with Crippen LogP contribution in [0.4, 0.5) is 14.6 Å². The summed E-state index contributed by atoms with van der Waals surface area (Å²) in [6.07, 6.45) is 4.73. The highest BCUT2D eigenvalue weighted by Crippen LogP contribution is 2.37. The summed E-state index contributed by atoms with van der Waals surface area (Å²) in [4.78, 5) is 44.0. The Morgan fingerprint density at radius 3 is 2.60 bits per heavy atom. The van der Waals surface area contributed by atoms with Crippen LogP contribution in [0.3, 0.4) is 0 Å². The van der Waals surface area contributed by atoms with Gasteiger partial charge in [-0.05, 0) is 61.9 Å². The summed E-state index contributed by atoms with van der Waals surface area (Å²) in [6.45, 7) is 12.4. The van der Waals surface area contributed by atoms with Crippen molar-refractivity contribution in [1.29, 1.82) is 0 Å². The fourth-order valence-corrected chi connectivity index (χ4v) is 6.11. The fourth-order valence-electron chi connectivity index (χ4n) is 5.49. The minimum absolute atomic E-state index is 0.0265. The number of aryl methyl sites for hydroxylation is 1. The SMILES string of the molecule is C=CC(=O)N1CCN(c2nc(=O)n(-c3c(C)ccnc3C(C)C)c3nc(-c4c(F)cccc4SC)c(F)cc23)C(C)C1. The zero-order valence-electron chi connectivity index (χ0n) is 24.2. The number of thioether (sulfide) groups is 1. The van der Waals surface area contributed by atoms with Gasteiger partial charge < -0.3 is 9.80 Å². The van der Waals surface area contributed by atoms with E-state index in [4.69, 9.17) is 4.98 Å². The zero-order chi connectivity index (χ0) is 30.3. The third-order valence-electron chi connectivity index (χ3n) is 7.54. The van der Waals surface area contributed by atoms with Crippen LogP contribution < -0.4 is 10.6 Å². The maximum absolute atomic E-state index is 16.0. The Morgan fingerprint density at radius 2 is 1.93 bits per heavy atom. The van der Waals surface area contributed by atoms with Crippen LogP contribution in [0.1, 0.15) is 37.9 Å². The summed E-state index contributed by atoms with van der Waals surface area (Å²) < 4.78 is 32.6. The van der Waals surface area contributed by atoms with Crippen molar-refractivity contribution in [2.75, 3.05) is 30.8 Å². The molecule has 1 unspecified atom stereocenters. The molecule has 0 saturated carbocycles. The lowest BCUT2D eigenvalue weighted by Gasteiger charge is -2.40. The molecule has 0 bridgehead atoms. The van der Waals surface area contributed by atoms with E-state index in [2.05, 4.69) is 16.5 Å². The predicted octanol–water partition coefficient (Wildman–Crippen LogP) is 5.50. The number of carbonyl (C=O) groups is 1. The lowest BCUT2D eigenvalue weighted by Crippen LogP contribution is -2.54. The number of halogens is 2. The highest BCUT2D eigenvalue weighted by molar-refractivity contribution is 7.98. The van der Waals surface area contributed by atoms with Gasteiger partial charge in [-0.25, -0.2) is 23.1 Å². The van der Waals surface area contributed by atoms with Crippen LogP contribution in [0.2, 0.25) is 0 Å². The first kappa shape index (κ1) is 29.4. The molecule has 3 aromatic heterocycles. The number of nitrogens with zero attached hydrogens (tertiary/aromatic N) is 6. The Hall–Kier alpha value is -4.12. The van der Waals surface area contributed by atoms with Crippen molar-refractivity contribution in [1.82, 2.24) is 24.4 Å². The van der Waals surface area contributed by atoms with Crippen molar-refractivity contribution in [3.63, 3.8) is 0 Å². The van der Waals surface area contributed by atoms with Crippen LogP contribution in [0.15, 0.2) is 58.9 Å². The lowest BCUT2D eigenvalue weighted by molar-refractivity contribution is -0.126. The maximum atomic E-state index is 16.0. The van der Waals surface area contributed by atoms with Crippen LogP contribution in [0.5, 0.6) is 0 Å². The minimum atomic E-state index is -0.740. The average Bonchev–Trinajstić information content (AvgIpc) is 2.96. The van der Waals surface area contributed by atoms with Crippen LogP contribution in [0, 0.1) is 18.6 Å². The normalized spacial score (nSPS) is 15.5. The fraction of sp³-hybridized carbons (Fsp3) is 0.323. The third-order valence-corrected chi connectivity index (χ3v) is 8.32. The van der Waals surface area contributed by atoms with Crippen LogP contribution in [0.25, 0.3) is 28.0 Å². The number of hydrogen-bond donors (Lipinski definition) is 0. The highest BCUT2D eigenvalue weighted by Gasteiger charge is 2.31. The molecule has 1 aliphatic rings. The van der Waals surface area contributed by atoms with E-state index in [-0.39, 0.29) is 40.6 Å². The molecule has 1 saturated heterocycles. The van der Waals surface area contributed by atoms with Crippen molar-refractivity contribution in [3.05, 3.63) is 82.6 Å². The Balaban J connectivity index is 1.84. The average molecular weight is 591 g/mol. The standard InChI is InChI=1S/C31H32F2N6O2S/c1-7-24(40)37-13-14-38(19(5)16-37)29-20-15-22(33)27(25-21(32)9-8-10-23(25)42-6)35-30(20)39(31(41)36-29)28-18(4)11-12-34-26(28)17(2)3/h7-12,15,17,19H,1,13-14,16H2,2-6H3. The van der Waals surface area contributed by atoms with Crippen LogP contribution >= 0.6 is 11.8 Å². The highest BCUT2D eigenvalue weighted by atomic mass is 32.2. The molecule has 0 radical (unpaired) electrons. The number of aromatic nitrogens is 4. The number of rotatable bonds is 6. The van der Waals surface area contributed by atoms with Gasteiger partial charge >= 0.3 is 5.69 Å². The molecule has 0 N–H and O–H groups in total. The maximum Gasteiger partial charge on any atom is 0.355 e. The molecule has 11 heteroatoms. The first-order valence-electron chi connectivity index (χ1n) is 13.7. The van der Waals surface area contributed by atoms with E-state index in [1.165, 1.54) is 34.5 Å². The van der Waals surface area contributed by atoms with E-state index in [0.717, 1.165) is 5.56 Å². The van der Waals surface area contributed by atoms with Gasteiger partial charge in [0.15, 0.2) is 11.5 Å². The van der Waals surface area contributed by atoms with E-state index in [9.17, 15) is 9.59 Å². The first-order valence-corrected chi connectivity index (χ1v) is 14.9. The number of pyridine rings is 2. The van der Waals surface area contributed by atoms with Gasteiger partial charge in [0.25, 0.3) is 0 Å². The number of hydrogen-bond acceptors (Lipinski definition) is 7. The molecule has 1 aromatic carbocycles. The molecule has 0 aliphatic carbocycles. The molecule has 1 fully saturated rings. The van der Waals surface area contributed by atoms with Crippen molar-refractivity contribution in [3.8, 4) is 16.9 Å². The number of benzene rings is 1. The topological polar surface area (TPSA) is 84.2 Å². The number of carbonyl (C=O) groups excluding carboxylic acids is 1. The van der Waals surface area contributed by atoms with Gasteiger partial charge in [-0.3, -0.25) is 9.78 Å². The Bertz CT molecular complexity index is 1770.